The first kappa shape index (κ1) is 35.7. The van der Waals surface area contributed by atoms with Gasteiger partial charge in [-0.15, -0.1) is 0 Å². The van der Waals surface area contributed by atoms with Gasteiger partial charge >= 0.3 is 6.09 Å². The molecule has 7 rings (SSSR count). The zero-order chi connectivity index (χ0) is 36.2. The van der Waals surface area contributed by atoms with E-state index in [0.717, 1.165) is 61.9 Å². The summed E-state index contributed by atoms with van der Waals surface area (Å²) in [5, 5.41) is 18.3. The summed E-state index contributed by atoms with van der Waals surface area (Å²) in [6.45, 7) is 5.60. The lowest BCUT2D eigenvalue weighted by Crippen LogP contribution is -2.31. The molecule has 5 aromatic rings. The number of ether oxygens (including phenoxy) is 1. The number of nitrogens with zero attached hydrogens (tertiary/aromatic N) is 3. The van der Waals surface area contributed by atoms with Crippen LogP contribution < -0.4 is 15.1 Å². The molecule has 0 aliphatic carbocycles. The fourth-order valence-electron chi connectivity index (χ4n) is 7.59. The van der Waals surface area contributed by atoms with E-state index in [1.165, 1.54) is 10.8 Å². The Morgan fingerprint density at radius 1 is 0.808 bits per heavy atom. The normalized spacial score (nSPS) is 16.3. The van der Waals surface area contributed by atoms with E-state index in [0.29, 0.717) is 31.0 Å². The van der Waals surface area contributed by atoms with Gasteiger partial charge in [-0.25, -0.2) is 9.78 Å². The topological polar surface area (TPSA) is 112 Å². The van der Waals surface area contributed by atoms with Gasteiger partial charge in [0.1, 0.15) is 17.4 Å². The van der Waals surface area contributed by atoms with Crippen LogP contribution in [-0.2, 0) is 14.3 Å². The number of aromatic nitrogens is 1. The van der Waals surface area contributed by atoms with Crippen LogP contribution in [-0.4, -0.2) is 53.4 Å². The molecule has 11 heteroatoms. The molecule has 9 nitrogen and oxygen atoms in total. The predicted octanol–water partition coefficient (Wildman–Crippen LogP) is 9.63. The van der Waals surface area contributed by atoms with Crippen LogP contribution >= 0.6 is 21.6 Å². The van der Waals surface area contributed by atoms with E-state index in [1.54, 1.807) is 28.0 Å². The number of aromatic hydroxyl groups is 1. The average Bonchev–Trinajstić information content (AvgIpc) is 3.74. The Morgan fingerprint density at radius 2 is 1.38 bits per heavy atom. The van der Waals surface area contributed by atoms with Crippen LogP contribution in [0.4, 0.5) is 21.9 Å². The number of rotatable bonds is 12. The van der Waals surface area contributed by atoms with Crippen LogP contribution in [0.15, 0.2) is 90.1 Å². The molecule has 2 aliphatic rings. The summed E-state index contributed by atoms with van der Waals surface area (Å²) in [5.74, 6) is 1.01. The third kappa shape index (κ3) is 7.16. The first-order valence-electron chi connectivity index (χ1n) is 17.9. The van der Waals surface area contributed by atoms with Gasteiger partial charge in [0.25, 0.3) is 0 Å². The number of pyridine rings is 1. The van der Waals surface area contributed by atoms with Gasteiger partial charge in [-0.3, -0.25) is 14.9 Å². The molecule has 3 heterocycles. The summed E-state index contributed by atoms with van der Waals surface area (Å²) >= 11 is 0. The highest BCUT2D eigenvalue weighted by molar-refractivity contribution is 8.76. The third-order valence-electron chi connectivity index (χ3n) is 10.1. The van der Waals surface area contributed by atoms with E-state index < -0.39 is 6.09 Å². The second-order valence-corrected chi connectivity index (χ2v) is 15.6. The number of benzene rings is 4. The molecule has 52 heavy (non-hydrogen) atoms. The number of carbonyl (C=O) groups excluding carboxylic acids is 3. The fourth-order valence-corrected chi connectivity index (χ4v) is 9.29. The third-order valence-corrected chi connectivity index (χ3v) is 12.3. The van der Waals surface area contributed by atoms with Crippen LogP contribution in [0.2, 0.25) is 0 Å². The van der Waals surface area contributed by atoms with E-state index in [2.05, 4.69) is 24.1 Å². The molecular formula is C41H42N4O5S2. The Morgan fingerprint density at radius 3 is 2.00 bits per heavy atom. The van der Waals surface area contributed by atoms with Crippen LogP contribution in [0, 0.1) is 0 Å². The highest BCUT2D eigenvalue weighted by atomic mass is 33.1. The fraction of sp³-hybridized carbons (Fsp3) is 0.317. The van der Waals surface area contributed by atoms with Crippen LogP contribution in [0.1, 0.15) is 68.9 Å². The van der Waals surface area contributed by atoms with E-state index in [4.69, 9.17) is 4.74 Å². The molecule has 0 saturated carbocycles. The monoisotopic (exact) mass is 734 g/mol. The maximum Gasteiger partial charge on any atom is 0.411 e. The van der Waals surface area contributed by atoms with Gasteiger partial charge in [-0.1, -0.05) is 79.2 Å². The molecule has 4 aromatic carbocycles. The van der Waals surface area contributed by atoms with Crippen molar-refractivity contribution in [2.45, 2.75) is 62.8 Å². The molecule has 0 bridgehead atoms. The minimum Gasteiger partial charge on any atom is -0.507 e. The summed E-state index contributed by atoms with van der Waals surface area (Å²) in [7, 11) is 3.10. The van der Waals surface area contributed by atoms with Crippen molar-refractivity contribution in [2.24, 2.45) is 0 Å². The van der Waals surface area contributed by atoms with Crippen molar-refractivity contribution in [1.82, 2.24) is 4.98 Å². The van der Waals surface area contributed by atoms with Crippen LogP contribution in [0.3, 0.4) is 0 Å². The molecule has 2 aliphatic heterocycles. The standard InChI is InChI=1S/C41H42N4O5S2/c1-3-26-24-44(37(47)17-11-18-38(48)45-25-27(4-2)40-31-15-8-6-13-29(31)35(46)23-34(40)45)33-22-32(28-12-5-7-14-30(28)39(26)33)43-41(49)50-20-21-51-52-36-16-9-10-19-42-36/h5-10,12-16,19,22-23,26-27,46H,3-4,11,17-18,20-21,24-25H2,1-2H3,(H,43,49)/t26-,27-/m1/s1. The molecule has 268 valence electrons. The Bertz CT molecular complexity index is 2130. The number of anilines is 3. The van der Waals surface area contributed by atoms with Crippen molar-refractivity contribution in [3.63, 3.8) is 0 Å². The molecular weight excluding hydrogens is 693 g/mol. The second kappa shape index (κ2) is 15.9. The maximum absolute atomic E-state index is 13.9. The SMILES string of the molecule is CC[C@@H]1CN(C(=O)CCCC(=O)N2C[C@@H](CC)c3c2cc(NC(=O)OCCSSc2ccccn2)c2ccccc32)c2cc(O)c3ccccc3c21. The highest BCUT2D eigenvalue weighted by Crippen LogP contribution is 2.47. The summed E-state index contributed by atoms with van der Waals surface area (Å²) in [5.41, 5.74) is 4.37. The number of amides is 3. The molecule has 0 unspecified atom stereocenters. The Labute approximate surface area is 311 Å². The van der Waals surface area contributed by atoms with E-state index in [1.807, 2.05) is 77.7 Å². The number of hydrogen-bond donors (Lipinski definition) is 2. The summed E-state index contributed by atoms with van der Waals surface area (Å²) in [6.07, 6.45) is 3.78. The summed E-state index contributed by atoms with van der Waals surface area (Å²) in [6, 6.07) is 25.1. The Hall–Kier alpha value is -4.74. The molecule has 1 aromatic heterocycles. The average molecular weight is 735 g/mol. The van der Waals surface area contributed by atoms with Crippen molar-refractivity contribution >= 4 is 78.1 Å². The number of phenolic OH excluding ortho intramolecular Hbond substituents is 1. The number of nitrogens with one attached hydrogen (secondary N) is 1. The van der Waals surface area contributed by atoms with Crippen molar-refractivity contribution < 1.29 is 24.2 Å². The van der Waals surface area contributed by atoms with Crippen molar-refractivity contribution in [1.29, 1.82) is 0 Å². The summed E-state index contributed by atoms with van der Waals surface area (Å²) < 4.78 is 5.51. The summed E-state index contributed by atoms with van der Waals surface area (Å²) in [4.78, 5) is 48.4. The van der Waals surface area contributed by atoms with Gasteiger partial charge in [0.2, 0.25) is 11.8 Å². The van der Waals surface area contributed by atoms with Crippen molar-refractivity contribution in [2.75, 3.05) is 40.6 Å². The largest absolute Gasteiger partial charge is 0.507 e. The molecule has 0 spiro atoms. The maximum atomic E-state index is 13.9. The lowest BCUT2D eigenvalue weighted by molar-refractivity contribution is -0.119. The molecule has 0 saturated heterocycles. The zero-order valence-electron chi connectivity index (χ0n) is 29.3. The van der Waals surface area contributed by atoms with Crippen LogP contribution in [0.5, 0.6) is 5.75 Å². The van der Waals surface area contributed by atoms with Gasteiger partial charge in [0.05, 0.1) is 11.4 Å². The number of phenols is 1. The van der Waals surface area contributed by atoms with Crippen LogP contribution in [0.25, 0.3) is 21.5 Å². The van der Waals surface area contributed by atoms with E-state index in [9.17, 15) is 19.5 Å². The number of carbonyl (C=O) groups is 3. The molecule has 3 amide bonds. The van der Waals surface area contributed by atoms with Gasteiger partial charge in [0, 0.05) is 72.2 Å². The highest BCUT2D eigenvalue weighted by Gasteiger charge is 2.36. The van der Waals surface area contributed by atoms with Gasteiger partial charge in [0.15, 0.2) is 0 Å². The lowest BCUT2D eigenvalue weighted by Gasteiger charge is -2.21. The van der Waals surface area contributed by atoms with E-state index in [-0.39, 0.29) is 48.8 Å². The minimum absolute atomic E-state index is 0.0438. The zero-order valence-corrected chi connectivity index (χ0v) is 31.0. The van der Waals surface area contributed by atoms with Crippen molar-refractivity contribution in [3.8, 4) is 5.75 Å². The number of hydrogen-bond acceptors (Lipinski definition) is 8. The van der Waals surface area contributed by atoms with Crippen molar-refractivity contribution in [3.05, 3.63) is 96.2 Å². The van der Waals surface area contributed by atoms with Gasteiger partial charge in [-0.2, -0.15) is 0 Å². The van der Waals surface area contributed by atoms with Gasteiger partial charge in [-0.05, 0) is 70.2 Å². The Balaban J connectivity index is 1.02. The molecule has 0 radical (unpaired) electrons. The molecule has 2 N–H and O–H groups in total. The first-order chi connectivity index (χ1) is 25.4. The lowest BCUT2D eigenvalue weighted by atomic mass is 9.92. The minimum atomic E-state index is -0.551. The molecule has 2 atom stereocenters. The first-order valence-corrected chi connectivity index (χ1v) is 20.2. The Kier molecular flexibility index (Phi) is 10.9. The molecule has 0 fully saturated rings. The smallest absolute Gasteiger partial charge is 0.411 e. The van der Waals surface area contributed by atoms with Gasteiger partial charge < -0.3 is 19.6 Å². The second-order valence-electron chi connectivity index (χ2n) is 13.2. The van der Waals surface area contributed by atoms with E-state index >= 15 is 0 Å². The quantitative estimate of drug-likeness (QED) is 0.0963. The number of fused-ring (bicyclic) bond motifs is 6. The predicted molar refractivity (Wildman–Crippen MR) is 212 cm³/mol.